The molecule has 1 rings (SSSR count). The molecule has 0 aliphatic rings. The number of phenolic OH excluding ortho intramolecular Hbond substituents is 1. The molecular formula is C17H24O. The van der Waals surface area contributed by atoms with Crippen molar-refractivity contribution in [2.75, 3.05) is 0 Å². The molecule has 0 fully saturated rings. The molecule has 0 saturated carbocycles. The smallest absolute Gasteiger partial charge is 0.115 e. The monoisotopic (exact) mass is 244 g/mol. The van der Waals surface area contributed by atoms with Crippen molar-refractivity contribution in [1.29, 1.82) is 0 Å². The molecule has 0 spiro atoms. The van der Waals surface area contributed by atoms with E-state index >= 15 is 0 Å². The first-order chi connectivity index (χ1) is 8.83. The second-order valence-electron chi connectivity index (χ2n) is 4.54. The second kappa shape index (κ2) is 9.52. The fourth-order valence-electron chi connectivity index (χ4n) is 1.75. The van der Waals surface area contributed by atoms with Crippen LogP contribution in [-0.2, 0) is 0 Å². The van der Waals surface area contributed by atoms with Gasteiger partial charge in [0.1, 0.15) is 5.75 Å². The summed E-state index contributed by atoms with van der Waals surface area (Å²) in [7, 11) is 0. The fraction of sp³-hybridized carbons (Fsp3) is 0.412. The molecule has 0 heterocycles. The summed E-state index contributed by atoms with van der Waals surface area (Å²) in [6.45, 7) is 2.23. The van der Waals surface area contributed by atoms with E-state index in [1.54, 1.807) is 12.1 Å². The van der Waals surface area contributed by atoms with Crippen molar-refractivity contribution in [2.45, 2.75) is 45.4 Å². The number of allylic oxidation sites excluding steroid dienone is 3. The van der Waals surface area contributed by atoms with E-state index in [1.165, 1.54) is 25.7 Å². The number of hydrogen-bond acceptors (Lipinski definition) is 1. The maximum absolute atomic E-state index is 9.15. The average molecular weight is 244 g/mol. The van der Waals surface area contributed by atoms with Crippen LogP contribution in [-0.4, -0.2) is 5.11 Å². The highest BCUT2D eigenvalue weighted by Crippen LogP contribution is 2.11. The molecule has 0 unspecified atom stereocenters. The third-order valence-corrected chi connectivity index (χ3v) is 2.84. The van der Waals surface area contributed by atoms with Gasteiger partial charge in [0.15, 0.2) is 0 Å². The molecule has 1 aromatic rings. The largest absolute Gasteiger partial charge is 0.508 e. The predicted molar refractivity (Wildman–Crippen MR) is 79.7 cm³/mol. The lowest BCUT2D eigenvalue weighted by Gasteiger charge is -1.94. The second-order valence-corrected chi connectivity index (χ2v) is 4.54. The van der Waals surface area contributed by atoms with Gasteiger partial charge >= 0.3 is 0 Å². The van der Waals surface area contributed by atoms with Crippen LogP contribution < -0.4 is 0 Å². The molecule has 0 bridgehead atoms. The van der Waals surface area contributed by atoms with Gasteiger partial charge in [-0.05, 0) is 43.4 Å². The average Bonchev–Trinajstić information content (AvgIpc) is 2.39. The molecule has 0 atom stereocenters. The molecular weight excluding hydrogens is 220 g/mol. The van der Waals surface area contributed by atoms with Crippen LogP contribution in [0.15, 0.2) is 42.5 Å². The van der Waals surface area contributed by atoms with Gasteiger partial charge in [0.25, 0.3) is 0 Å². The molecule has 1 N–H and O–H groups in total. The summed E-state index contributed by atoms with van der Waals surface area (Å²) >= 11 is 0. The van der Waals surface area contributed by atoms with E-state index in [1.807, 2.05) is 12.1 Å². The van der Waals surface area contributed by atoms with Crippen LogP contribution in [0.3, 0.4) is 0 Å². The van der Waals surface area contributed by atoms with Gasteiger partial charge in [0.05, 0.1) is 0 Å². The van der Waals surface area contributed by atoms with Crippen molar-refractivity contribution in [3.05, 3.63) is 48.1 Å². The van der Waals surface area contributed by atoms with Crippen LogP contribution in [0.1, 0.15) is 51.0 Å². The van der Waals surface area contributed by atoms with Gasteiger partial charge in [0.2, 0.25) is 0 Å². The summed E-state index contributed by atoms with van der Waals surface area (Å²) in [5, 5.41) is 9.15. The predicted octanol–water partition coefficient (Wildman–Crippen LogP) is 5.32. The molecule has 0 amide bonds. The molecule has 0 radical (unpaired) electrons. The standard InChI is InChI=1S/C17H24O/c1-2-3-4-5-6-7-8-9-10-11-16-12-14-17(18)15-13-16/h6-7,10-15,18H,2-5,8-9H2,1H3/b7-6+,11-10+. The minimum Gasteiger partial charge on any atom is -0.508 e. The van der Waals surface area contributed by atoms with Crippen LogP contribution in [0.25, 0.3) is 6.08 Å². The lowest BCUT2D eigenvalue weighted by molar-refractivity contribution is 0.475. The quantitative estimate of drug-likeness (QED) is 0.484. The summed E-state index contributed by atoms with van der Waals surface area (Å²) in [6.07, 6.45) is 16.2. The fourth-order valence-corrected chi connectivity index (χ4v) is 1.75. The summed E-state index contributed by atoms with van der Waals surface area (Å²) in [4.78, 5) is 0. The summed E-state index contributed by atoms with van der Waals surface area (Å²) in [5.41, 5.74) is 1.14. The number of rotatable bonds is 8. The van der Waals surface area contributed by atoms with Gasteiger partial charge in [-0.1, -0.05) is 56.2 Å². The van der Waals surface area contributed by atoms with Gasteiger partial charge in [-0.2, -0.15) is 0 Å². The Morgan fingerprint density at radius 3 is 2.28 bits per heavy atom. The summed E-state index contributed by atoms with van der Waals surface area (Å²) in [6, 6.07) is 7.28. The van der Waals surface area contributed by atoms with Crippen molar-refractivity contribution >= 4 is 6.08 Å². The number of phenols is 1. The summed E-state index contributed by atoms with van der Waals surface area (Å²) < 4.78 is 0. The van der Waals surface area contributed by atoms with Crippen LogP contribution in [0, 0.1) is 0 Å². The normalized spacial score (nSPS) is 11.6. The Hall–Kier alpha value is -1.50. The van der Waals surface area contributed by atoms with Crippen molar-refractivity contribution in [3.63, 3.8) is 0 Å². The van der Waals surface area contributed by atoms with Gasteiger partial charge < -0.3 is 5.11 Å². The van der Waals surface area contributed by atoms with E-state index in [0.717, 1.165) is 18.4 Å². The van der Waals surface area contributed by atoms with Crippen LogP contribution in [0.5, 0.6) is 5.75 Å². The highest BCUT2D eigenvalue weighted by atomic mass is 16.3. The van der Waals surface area contributed by atoms with Gasteiger partial charge in [-0.25, -0.2) is 0 Å². The van der Waals surface area contributed by atoms with E-state index in [0.29, 0.717) is 5.75 Å². The minimum absolute atomic E-state index is 0.321. The molecule has 1 heteroatoms. The minimum atomic E-state index is 0.321. The Morgan fingerprint density at radius 1 is 0.889 bits per heavy atom. The first kappa shape index (κ1) is 14.6. The molecule has 0 aliphatic carbocycles. The molecule has 0 saturated heterocycles. The van der Waals surface area contributed by atoms with Crippen molar-refractivity contribution in [2.24, 2.45) is 0 Å². The van der Waals surface area contributed by atoms with E-state index < -0.39 is 0 Å². The molecule has 98 valence electrons. The van der Waals surface area contributed by atoms with Crippen LogP contribution in [0.4, 0.5) is 0 Å². The third kappa shape index (κ3) is 6.95. The Morgan fingerprint density at radius 2 is 1.56 bits per heavy atom. The van der Waals surface area contributed by atoms with E-state index in [9.17, 15) is 0 Å². The number of hydrogen-bond donors (Lipinski definition) is 1. The first-order valence-corrected chi connectivity index (χ1v) is 6.93. The molecule has 18 heavy (non-hydrogen) atoms. The Kier molecular flexibility index (Phi) is 7.70. The first-order valence-electron chi connectivity index (χ1n) is 6.93. The zero-order valence-corrected chi connectivity index (χ0v) is 11.3. The highest BCUT2D eigenvalue weighted by Gasteiger charge is 1.87. The maximum atomic E-state index is 9.15. The maximum Gasteiger partial charge on any atom is 0.115 e. The van der Waals surface area contributed by atoms with Crippen LogP contribution in [0.2, 0.25) is 0 Å². The Bertz CT molecular complexity index is 360. The number of aromatic hydroxyl groups is 1. The van der Waals surface area contributed by atoms with Gasteiger partial charge in [-0.15, -0.1) is 0 Å². The van der Waals surface area contributed by atoms with E-state index in [2.05, 4.69) is 31.2 Å². The van der Waals surface area contributed by atoms with E-state index in [4.69, 9.17) is 5.11 Å². The van der Waals surface area contributed by atoms with Crippen molar-refractivity contribution in [1.82, 2.24) is 0 Å². The zero-order chi connectivity index (χ0) is 13.1. The van der Waals surface area contributed by atoms with E-state index in [-0.39, 0.29) is 0 Å². The van der Waals surface area contributed by atoms with Gasteiger partial charge in [-0.3, -0.25) is 0 Å². The Balaban J connectivity index is 2.12. The number of unbranched alkanes of at least 4 members (excludes halogenated alkanes) is 4. The van der Waals surface area contributed by atoms with Crippen molar-refractivity contribution < 1.29 is 5.11 Å². The van der Waals surface area contributed by atoms with Crippen LogP contribution >= 0.6 is 0 Å². The third-order valence-electron chi connectivity index (χ3n) is 2.84. The Labute approximate surface area is 111 Å². The molecule has 1 nitrogen and oxygen atoms in total. The molecule has 0 aromatic heterocycles. The SMILES string of the molecule is CCCCC/C=C/CC/C=C/c1ccc(O)cc1. The lowest BCUT2D eigenvalue weighted by atomic mass is 10.1. The number of benzene rings is 1. The zero-order valence-electron chi connectivity index (χ0n) is 11.3. The van der Waals surface area contributed by atoms with Crippen molar-refractivity contribution in [3.8, 4) is 5.75 Å². The van der Waals surface area contributed by atoms with Gasteiger partial charge in [0, 0.05) is 0 Å². The molecule has 0 aliphatic heterocycles. The summed E-state index contributed by atoms with van der Waals surface area (Å²) in [5.74, 6) is 0.321. The topological polar surface area (TPSA) is 20.2 Å². The molecule has 1 aromatic carbocycles. The lowest BCUT2D eigenvalue weighted by Crippen LogP contribution is -1.72. The highest BCUT2D eigenvalue weighted by molar-refractivity contribution is 5.50.